The molecule has 190 valence electrons. The van der Waals surface area contributed by atoms with E-state index in [1.807, 2.05) is 19.1 Å². The van der Waals surface area contributed by atoms with Gasteiger partial charge in [0.05, 0.1) is 11.3 Å². The summed E-state index contributed by atoms with van der Waals surface area (Å²) in [6.07, 6.45) is -3.78. The first-order valence-corrected chi connectivity index (χ1v) is 12.7. The molecular weight excluding hydrogens is 489 g/mol. The van der Waals surface area contributed by atoms with Crippen LogP contribution in [0.5, 0.6) is 5.88 Å². The lowest BCUT2D eigenvalue weighted by Crippen LogP contribution is -2.36. The van der Waals surface area contributed by atoms with Gasteiger partial charge in [-0.15, -0.1) is 10.2 Å². The third kappa shape index (κ3) is 5.48. The van der Waals surface area contributed by atoms with E-state index < -0.39 is 18.0 Å². The molecule has 0 fully saturated rings. The van der Waals surface area contributed by atoms with Crippen LogP contribution in [0.25, 0.3) is 11.3 Å². The number of fused-ring (bicyclic) bond motifs is 3. The van der Waals surface area contributed by atoms with Gasteiger partial charge in [-0.1, -0.05) is 50.7 Å². The summed E-state index contributed by atoms with van der Waals surface area (Å²) in [5.74, 6) is 1.17. The summed E-state index contributed by atoms with van der Waals surface area (Å²) in [7, 11) is 0. The van der Waals surface area contributed by atoms with E-state index in [-0.39, 0.29) is 11.8 Å². The monoisotopic (exact) mass is 516 g/mol. The number of anilines is 1. The molecule has 0 saturated heterocycles. The average molecular weight is 517 g/mol. The highest BCUT2D eigenvalue weighted by molar-refractivity contribution is 7.99. The van der Waals surface area contributed by atoms with Gasteiger partial charge in [-0.2, -0.15) is 18.2 Å². The van der Waals surface area contributed by atoms with E-state index >= 15 is 0 Å². The van der Waals surface area contributed by atoms with Gasteiger partial charge < -0.3 is 4.74 Å². The largest absolute Gasteiger partial charge is 0.447 e. The highest BCUT2D eigenvalue weighted by atomic mass is 32.2. The molecular formula is C26H27F3N4O2S. The van der Waals surface area contributed by atoms with Crippen LogP contribution in [0.4, 0.5) is 18.9 Å². The molecule has 3 aromatic rings. The number of hydrogen-bond acceptors (Lipinski definition) is 6. The van der Waals surface area contributed by atoms with Crippen molar-refractivity contribution in [2.75, 3.05) is 10.7 Å². The van der Waals surface area contributed by atoms with Crippen LogP contribution in [0.3, 0.4) is 0 Å². The number of hydrogen-bond donors (Lipinski definition) is 0. The minimum atomic E-state index is -4.47. The summed E-state index contributed by atoms with van der Waals surface area (Å²) in [5, 5.41) is 9.14. The number of nitrogens with zero attached hydrogens (tertiary/aromatic N) is 4. The first-order chi connectivity index (χ1) is 17.1. The molecule has 0 spiro atoms. The lowest BCUT2D eigenvalue weighted by Gasteiger charge is -2.30. The van der Waals surface area contributed by atoms with Crippen molar-refractivity contribution in [2.24, 2.45) is 5.92 Å². The fourth-order valence-corrected chi connectivity index (χ4v) is 4.89. The van der Waals surface area contributed by atoms with Gasteiger partial charge in [-0.3, -0.25) is 9.69 Å². The van der Waals surface area contributed by atoms with Gasteiger partial charge in [-0.05, 0) is 48.6 Å². The number of amides is 1. The zero-order chi connectivity index (χ0) is 26.0. The maximum atomic E-state index is 13.2. The van der Waals surface area contributed by atoms with Crippen molar-refractivity contribution < 1.29 is 22.7 Å². The normalized spacial score (nSPS) is 15.2. The predicted molar refractivity (Wildman–Crippen MR) is 133 cm³/mol. The van der Waals surface area contributed by atoms with Gasteiger partial charge in [-0.25, -0.2) is 0 Å². The summed E-state index contributed by atoms with van der Waals surface area (Å²) in [4.78, 5) is 18.9. The molecule has 0 aliphatic carbocycles. The lowest BCUT2D eigenvalue weighted by molar-refractivity contribution is -0.137. The van der Waals surface area contributed by atoms with Crippen LogP contribution in [0.2, 0.25) is 0 Å². The number of aromatic nitrogens is 3. The van der Waals surface area contributed by atoms with Gasteiger partial charge in [0.25, 0.3) is 0 Å². The standard InChI is InChI=1S/C26H27F3N4O2S/c1-5-17-6-11-21-20(14-17)22-23(30-25(32-31-22)36-13-12-15(2)3)35-24(33(21)16(4)34)18-7-9-19(10-8-18)26(27,28)29/h6-11,14-15,24H,5,12-13H2,1-4H3. The first kappa shape index (κ1) is 25.9. The minimum Gasteiger partial charge on any atom is -0.447 e. The number of carbonyl (C=O) groups is 1. The van der Waals surface area contributed by atoms with Crippen LogP contribution >= 0.6 is 11.8 Å². The van der Waals surface area contributed by atoms with E-state index in [0.717, 1.165) is 36.3 Å². The number of rotatable bonds is 6. The Balaban J connectivity index is 1.84. The van der Waals surface area contributed by atoms with Crippen LogP contribution in [0, 0.1) is 5.92 Å². The zero-order valence-electron chi connectivity index (χ0n) is 20.5. The number of alkyl halides is 3. The Kier molecular flexibility index (Phi) is 7.54. The minimum absolute atomic E-state index is 0.181. The van der Waals surface area contributed by atoms with E-state index in [0.29, 0.717) is 33.6 Å². The summed E-state index contributed by atoms with van der Waals surface area (Å²) >= 11 is 1.46. The van der Waals surface area contributed by atoms with Crippen molar-refractivity contribution in [2.45, 2.75) is 58.1 Å². The Morgan fingerprint density at radius 3 is 2.47 bits per heavy atom. The molecule has 6 nitrogen and oxygen atoms in total. The van der Waals surface area contributed by atoms with Crippen molar-refractivity contribution in [3.05, 3.63) is 59.2 Å². The van der Waals surface area contributed by atoms with Crippen LogP contribution in [-0.4, -0.2) is 26.8 Å². The number of ether oxygens (including phenoxy) is 1. The van der Waals surface area contributed by atoms with Crippen molar-refractivity contribution >= 4 is 23.4 Å². The second kappa shape index (κ2) is 10.5. The highest BCUT2D eigenvalue weighted by Crippen LogP contribution is 2.44. The molecule has 4 rings (SSSR count). The molecule has 0 radical (unpaired) electrons. The highest BCUT2D eigenvalue weighted by Gasteiger charge is 2.36. The smallest absolute Gasteiger partial charge is 0.416 e. The topological polar surface area (TPSA) is 68.2 Å². The van der Waals surface area contributed by atoms with Gasteiger partial charge >= 0.3 is 6.18 Å². The Bertz CT molecular complexity index is 1250. The molecule has 1 atom stereocenters. The zero-order valence-corrected chi connectivity index (χ0v) is 21.3. The number of halogens is 3. The Labute approximate surface area is 212 Å². The first-order valence-electron chi connectivity index (χ1n) is 11.7. The second-order valence-electron chi connectivity index (χ2n) is 8.96. The van der Waals surface area contributed by atoms with Crippen LogP contribution in [0.1, 0.15) is 57.0 Å². The molecule has 0 N–H and O–H groups in total. The maximum absolute atomic E-state index is 13.2. The van der Waals surface area contributed by atoms with E-state index in [1.165, 1.54) is 35.7 Å². The molecule has 36 heavy (non-hydrogen) atoms. The lowest BCUT2D eigenvalue weighted by atomic mass is 10.0. The van der Waals surface area contributed by atoms with Crippen molar-refractivity contribution in [1.29, 1.82) is 0 Å². The molecule has 0 bridgehead atoms. The van der Waals surface area contributed by atoms with Crippen LogP contribution in [-0.2, 0) is 17.4 Å². The summed E-state index contributed by atoms with van der Waals surface area (Å²) in [6.45, 7) is 7.67. The predicted octanol–water partition coefficient (Wildman–Crippen LogP) is 6.70. The fourth-order valence-electron chi connectivity index (χ4n) is 3.87. The summed E-state index contributed by atoms with van der Waals surface area (Å²) in [6, 6.07) is 10.2. The molecule has 1 unspecified atom stereocenters. The molecule has 1 aliphatic rings. The Morgan fingerprint density at radius 2 is 1.86 bits per heavy atom. The summed E-state index contributed by atoms with van der Waals surface area (Å²) in [5.41, 5.74) is 2.16. The van der Waals surface area contributed by atoms with Crippen molar-refractivity contribution in [1.82, 2.24) is 15.2 Å². The molecule has 2 heterocycles. The van der Waals surface area contributed by atoms with E-state index in [9.17, 15) is 18.0 Å². The van der Waals surface area contributed by atoms with Gasteiger partial charge in [0.2, 0.25) is 23.2 Å². The molecule has 2 aromatic carbocycles. The second-order valence-corrected chi connectivity index (χ2v) is 10.0. The van der Waals surface area contributed by atoms with Crippen LogP contribution in [0.15, 0.2) is 47.6 Å². The third-order valence-corrected chi connectivity index (χ3v) is 6.74. The van der Waals surface area contributed by atoms with Gasteiger partial charge in [0, 0.05) is 23.8 Å². The van der Waals surface area contributed by atoms with Crippen molar-refractivity contribution in [3.8, 4) is 17.1 Å². The van der Waals surface area contributed by atoms with Crippen LogP contribution < -0.4 is 9.64 Å². The molecule has 1 aliphatic heterocycles. The van der Waals surface area contributed by atoms with E-state index in [1.54, 1.807) is 6.07 Å². The third-order valence-electron chi connectivity index (χ3n) is 5.87. The number of benzene rings is 2. The average Bonchev–Trinajstić information content (AvgIpc) is 2.97. The molecule has 0 saturated carbocycles. The summed E-state index contributed by atoms with van der Waals surface area (Å²) < 4.78 is 45.8. The SMILES string of the molecule is CCc1ccc2c(c1)-c1nnc(SCCC(C)C)nc1OC(c1ccc(C(F)(F)F)cc1)N2C(C)=O. The molecule has 1 amide bonds. The number of aryl methyl sites for hydroxylation is 1. The van der Waals surface area contributed by atoms with E-state index in [2.05, 4.69) is 29.0 Å². The number of carbonyl (C=O) groups excluding carboxylic acids is 1. The maximum Gasteiger partial charge on any atom is 0.416 e. The molecule has 10 heteroatoms. The molecule has 1 aromatic heterocycles. The Morgan fingerprint density at radius 1 is 1.14 bits per heavy atom. The fraction of sp³-hybridized carbons (Fsp3) is 0.385. The number of thioether (sulfide) groups is 1. The van der Waals surface area contributed by atoms with Crippen molar-refractivity contribution in [3.63, 3.8) is 0 Å². The van der Waals surface area contributed by atoms with Gasteiger partial charge in [0.15, 0.2) is 5.69 Å². The Hall–Kier alpha value is -3.14. The van der Waals surface area contributed by atoms with Gasteiger partial charge in [0.1, 0.15) is 0 Å². The quantitative estimate of drug-likeness (QED) is 0.340. The van der Waals surface area contributed by atoms with E-state index in [4.69, 9.17) is 4.74 Å².